The van der Waals surface area contributed by atoms with Crippen molar-refractivity contribution in [2.75, 3.05) is 30.4 Å². The maximum Gasteiger partial charge on any atom is 0.228 e. The van der Waals surface area contributed by atoms with Crippen molar-refractivity contribution in [1.82, 2.24) is 4.98 Å². The molecular formula is C24H27ClN2O5S2. The Morgan fingerprint density at radius 2 is 2.06 bits per heavy atom. The van der Waals surface area contributed by atoms with Crippen molar-refractivity contribution in [3.63, 3.8) is 0 Å². The van der Waals surface area contributed by atoms with E-state index < -0.39 is 9.84 Å². The summed E-state index contributed by atoms with van der Waals surface area (Å²) in [5.41, 5.74) is 0.791. The Morgan fingerprint density at radius 3 is 2.76 bits per heavy atom. The first-order chi connectivity index (χ1) is 16.4. The molecule has 1 aliphatic heterocycles. The van der Waals surface area contributed by atoms with Gasteiger partial charge in [-0.1, -0.05) is 22.9 Å². The molecule has 1 atom stereocenters. The largest absolute Gasteiger partial charge is 0.494 e. The third-order valence-corrected chi connectivity index (χ3v) is 8.69. The lowest BCUT2D eigenvalue weighted by atomic mass is 10.2. The number of benzene rings is 2. The van der Waals surface area contributed by atoms with Crippen LogP contribution in [0.5, 0.6) is 5.75 Å². The standard InChI is InChI=1S/C24H27ClN2O5S2/c1-2-31-18-9-12-21-22(15-18)33-24(26-21)27(16-19-5-3-13-32-19)23(28)6-4-14-34(29,30)20-10-7-17(25)8-11-20/h7-12,15,19H,2-6,13-14,16H2,1H3. The van der Waals surface area contributed by atoms with Crippen LogP contribution < -0.4 is 9.64 Å². The predicted molar refractivity (Wildman–Crippen MR) is 135 cm³/mol. The van der Waals surface area contributed by atoms with Gasteiger partial charge in [-0.05, 0) is 68.7 Å². The van der Waals surface area contributed by atoms with Crippen LogP contribution in [0.2, 0.25) is 5.02 Å². The summed E-state index contributed by atoms with van der Waals surface area (Å²) in [5.74, 6) is 0.478. The summed E-state index contributed by atoms with van der Waals surface area (Å²) in [5, 5.41) is 1.06. The van der Waals surface area contributed by atoms with Crippen LogP contribution in [0.25, 0.3) is 10.2 Å². The van der Waals surface area contributed by atoms with E-state index in [1.165, 1.54) is 23.5 Å². The molecule has 0 bridgehead atoms. The van der Waals surface area contributed by atoms with Crippen LogP contribution in [0.3, 0.4) is 0 Å². The minimum absolute atomic E-state index is 0.0484. The first-order valence-corrected chi connectivity index (χ1v) is 14.1. The van der Waals surface area contributed by atoms with Crippen LogP contribution in [0.4, 0.5) is 5.13 Å². The maximum absolute atomic E-state index is 13.2. The highest BCUT2D eigenvalue weighted by molar-refractivity contribution is 7.91. The van der Waals surface area contributed by atoms with E-state index in [0.717, 1.165) is 28.8 Å². The third-order valence-electron chi connectivity index (χ3n) is 5.58. The SMILES string of the molecule is CCOc1ccc2nc(N(CC3CCCO3)C(=O)CCCS(=O)(=O)c3ccc(Cl)cc3)sc2c1. The zero-order valence-electron chi connectivity index (χ0n) is 18.9. The molecule has 34 heavy (non-hydrogen) atoms. The summed E-state index contributed by atoms with van der Waals surface area (Å²) in [6, 6.07) is 11.7. The predicted octanol–water partition coefficient (Wildman–Crippen LogP) is 5.11. The fourth-order valence-corrected chi connectivity index (χ4v) is 6.31. The van der Waals surface area contributed by atoms with Crippen LogP contribution in [-0.4, -0.2) is 50.9 Å². The molecule has 1 unspecified atom stereocenters. The summed E-state index contributed by atoms with van der Waals surface area (Å²) in [6.45, 7) is 3.58. The van der Waals surface area contributed by atoms with E-state index in [0.29, 0.717) is 29.9 Å². The Bertz CT molecular complexity index is 1240. The van der Waals surface area contributed by atoms with Gasteiger partial charge >= 0.3 is 0 Å². The molecule has 0 radical (unpaired) electrons. The maximum atomic E-state index is 13.2. The number of anilines is 1. The Morgan fingerprint density at radius 1 is 1.26 bits per heavy atom. The van der Waals surface area contributed by atoms with Crippen LogP contribution in [0.1, 0.15) is 32.6 Å². The number of halogens is 1. The first-order valence-electron chi connectivity index (χ1n) is 11.3. The monoisotopic (exact) mass is 522 g/mol. The van der Waals surface area contributed by atoms with Crippen molar-refractivity contribution in [3.05, 3.63) is 47.5 Å². The zero-order chi connectivity index (χ0) is 24.1. The molecule has 0 aliphatic carbocycles. The van der Waals surface area contributed by atoms with Crippen molar-refractivity contribution < 1.29 is 22.7 Å². The van der Waals surface area contributed by atoms with Crippen molar-refractivity contribution >= 4 is 54.0 Å². The molecule has 0 spiro atoms. The molecule has 2 aromatic carbocycles. The molecule has 7 nitrogen and oxygen atoms in total. The highest BCUT2D eigenvalue weighted by Gasteiger charge is 2.26. The lowest BCUT2D eigenvalue weighted by Crippen LogP contribution is -2.37. The van der Waals surface area contributed by atoms with Gasteiger partial charge in [0.15, 0.2) is 15.0 Å². The van der Waals surface area contributed by atoms with Crippen molar-refractivity contribution in [1.29, 1.82) is 0 Å². The van der Waals surface area contributed by atoms with Gasteiger partial charge in [-0.15, -0.1) is 0 Å². The van der Waals surface area contributed by atoms with Gasteiger partial charge in [-0.2, -0.15) is 0 Å². The smallest absolute Gasteiger partial charge is 0.228 e. The molecule has 1 aromatic heterocycles. The summed E-state index contributed by atoms with van der Waals surface area (Å²) in [4.78, 5) is 19.8. The number of thiazole rings is 1. The Labute approximate surface area is 208 Å². The molecule has 3 aromatic rings. The van der Waals surface area contributed by atoms with Gasteiger partial charge in [0, 0.05) is 18.1 Å². The number of rotatable bonds is 10. The second-order valence-corrected chi connectivity index (χ2v) is 11.6. The number of sulfone groups is 1. The van der Waals surface area contributed by atoms with Crippen molar-refractivity contribution in [3.8, 4) is 5.75 Å². The third kappa shape index (κ3) is 6.07. The zero-order valence-corrected chi connectivity index (χ0v) is 21.3. The Balaban J connectivity index is 1.48. The van der Waals surface area contributed by atoms with Crippen LogP contribution in [0, 0.1) is 0 Å². The highest BCUT2D eigenvalue weighted by atomic mass is 35.5. The second kappa shape index (κ2) is 11.0. The fourth-order valence-electron chi connectivity index (χ4n) is 3.85. The van der Waals surface area contributed by atoms with Gasteiger partial charge in [0.2, 0.25) is 5.91 Å². The minimum Gasteiger partial charge on any atom is -0.494 e. The highest BCUT2D eigenvalue weighted by Crippen LogP contribution is 2.33. The van der Waals surface area contributed by atoms with Crippen LogP contribution in [0.15, 0.2) is 47.4 Å². The summed E-state index contributed by atoms with van der Waals surface area (Å²) in [7, 11) is -3.50. The van der Waals surface area contributed by atoms with Crippen molar-refractivity contribution in [2.45, 2.75) is 43.6 Å². The summed E-state index contributed by atoms with van der Waals surface area (Å²) in [6.07, 6.45) is 2.11. The van der Waals surface area contributed by atoms with Gasteiger partial charge < -0.3 is 9.47 Å². The molecule has 0 N–H and O–H groups in total. The second-order valence-electron chi connectivity index (χ2n) is 8.07. The topological polar surface area (TPSA) is 85.8 Å². The molecule has 0 saturated carbocycles. The van der Waals surface area contributed by atoms with E-state index in [-0.39, 0.29) is 35.5 Å². The molecule has 4 rings (SSSR count). The lowest BCUT2D eigenvalue weighted by Gasteiger charge is -2.23. The molecule has 1 amide bonds. The summed E-state index contributed by atoms with van der Waals surface area (Å²) < 4.78 is 37.5. The van der Waals surface area contributed by atoms with Gasteiger partial charge in [-0.25, -0.2) is 13.4 Å². The fraction of sp³-hybridized carbons (Fsp3) is 0.417. The van der Waals surface area contributed by atoms with E-state index in [4.69, 9.17) is 21.1 Å². The quantitative estimate of drug-likeness (QED) is 0.367. The van der Waals surface area contributed by atoms with E-state index in [1.807, 2.05) is 25.1 Å². The van der Waals surface area contributed by atoms with Gasteiger partial charge in [-0.3, -0.25) is 9.69 Å². The number of aromatic nitrogens is 1. The van der Waals surface area contributed by atoms with Gasteiger partial charge in [0.25, 0.3) is 0 Å². The first kappa shape index (κ1) is 24.9. The van der Waals surface area contributed by atoms with E-state index >= 15 is 0 Å². The number of amides is 1. The van der Waals surface area contributed by atoms with E-state index in [9.17, 15) is 13.2 Å². The molecular weight excluding hydrogens is 496 g/mol. The molecule has 182 valence electrons. The number of carbonyl (C=O) groups excluding carboxylic acids is 1. The molecule has 1 aliphatic rings. The average molecular weight is 523 g/mol. The minimum atomic E-state index is -3.50. The van der Waals surface area contributed by atoms with E-state index in [1.54, 1.807) is 17.0 Å². The normalized spacial score (nSPS) is 16.1. The number of carbonyl (C=O) groups is 1. The van der Waals surface area contributed by atoms with E-state index in [2.05, 4.69) is 4.98 Å². The van der Waals surface area contributed by atoms with Gasteiger partial charge in [0.05, 0.1) is 40.1 Å². The molecule has 1 fully saturated rings. The van der Waals surface area contributed by atoms with Gasteiger partial charge in [0.1, 0.15) is 5.75 Å². The number of hydrogen-bond donors (Lipinski definition) is 0. The number of fused-ring (bicyclic) bond motifs is 1. The molecule has 1 saturated heterocycles. The number of hydrogen-bond acceptors (Lipinski definition) is 7. The number of ether oxygens (including phenoxy) is 2. The van der Waals surface area contributed by atoms with Crippen molar-refractivity contribution in [2.24, 2.45) is 0 Å². The summed E-state index contributed by atoms with van der Waals surface area (Å²) >= 11 is 7.28. The van der Waals surface area contributed by atoms with Crippen LogP contribution in [-0.2, 0) is 19.4 Å². The Kier molecular flexibility index (Phi) is 8.08. The lowest BCUT2D eigenvalue weighted by molar-refractivity contribution is -0.119. The Hall–Kier alpha value is -2.20. The molecule has 2 heterocycles. The van der Waals surface area contributed by atoms with Crippen LogP contribution >= 0.6 is 22.9 Å². The average Bonchev–Trinajstić information content (AvgIpc) is 3.47. The molecule has 10 heteroatoms. The number of nitrogens with zero attached hydrogens (tertiary/aromatic N) is 2.